The second-order valence-electron chi connectivity index (χ2n) is 6.50. The SMILES string of the molecule is CSc1ncc2ncnc(Nc3c(F)c(F)cc(NS(=O)(=O)c4cccc(Cl)c4Cl)c3F)c2n1. The molecular weight excluding hydrogens is 536 g/mol. The van der Waals surface area contributed by atoms with Crippen molar-refractivity contribution >= 4 is 73.2 Å². The topological polar surface area (TPSA) is 110 Å². The van der Waals surface area contributed by atoms with Gasteiger partial charge in [0.1, 0.15) is 27.9 Å². The summed E-state index contributed by atoms with van der Waals surface area (Å²) < 4.78 is 71.5. The number of rotatable bonds is 6. The van der Waals surface area contributed by atoms with Crippen LogP contribution in [0.25, 0.3) is 11.0 Å². The lowest BCUT2D eigenvalue weighted by atomic mass is 10.2. The van der Waals surface area contributed by atoms with Crippen LogP contribution < -0.4 is 10.0 Å². The molecule has 0 saturated heterocycles. The first-order valence-electron chi connectivity index (χ1n) is 9.05. The maximum absolute atomic E-state index is 15.2. The first kappa shape index (κ1) is 24.3. The highest BCUT2D eigenvalue weighted by molar-refractivity contribution is 7.98. The van der Waals surface area contributed by atoms with Gasteiger partial charge in [-0.05, 0) is 18.4 Å². The molecule has 34 heavy (non-hydrogen) atoms. The predicted molar refractivity (Wildman–Crippen MR) is 124 cm³/mol. The molecule has 15 heteroatoms. The minimum Gasteiger partial charge on any atom is -0.333 e. The number of aromatic nitrogens is 4. The summed E-state index contributed by atoms with van der Waals surface area (Å²) in [4.78, 5) is 15.7. The maximum Gasteiger partial charge on any atom is 0.263 e. The normalized spacial score (nSPS) is 11.6. The summed E-state index contributed by atoms with van der Waals surface area (Å²) in [6, 6.07) is 4.13. The van der Waals surface area contributed by atoms with Crippen molar-refractivity contribution in [3.63, 3.8) is 0 Å². The molecule has 0 aliphatic carbocycles. The Balaban J connectivity index is 1.79. The molecule has 0 fully saturated rings. The number of hydrogen-bond donors (Lipinski definition) is 2. The van der Waals surface area contributed by atoms with Gasteiger partial charge in [0.15, 0.2) is 28.4 Å². The largest absolute Gasteiger partial charge is 0.333 e. The Morgan fingerprint density at radius 3 is 2.56 bits per heavy atom. The fraction of sp³-hybridized carbons (Fsp3) is 0.0526. The standard InChI is InChI=1S/C19H11Cl2F3N6O2S2/c1-33-19-25-6-11-16(29-19)18(27-7-26-11)28-17-14(23)9(22)5-10(15(17)24)30-34(31,32)12-4-2-3-8(20)13(12)21/h2-7,30H,1H3,(H,26,27,28). The van der Waals surface area contributed by atoms with Gasteiger partial charge in [-0.25, -0.2) is 41.5 Å². The highest BCUT2D eigenvalue weighted by Gasteiger charge is 2.26. The van der Waals surface area contributed by atoms with E-state index >= 15 is 4.39 Å². The minimum atomic E-state index is -4.52. The second-order valence-corrected chi connectivity index (χ2v) is 9.71. The summed E-state index contributed by atoms with van der Waals surface area (Å²) in [7, 11) is -4.52. The Kier molecular flexibility index (Phi) is 6.71. The first-order chi connectivity index (χ1) is 16.1. The van der Waals surface area contributed by atoms with Crippen molar-refractivity contribution in [2.24, 2.45) is 0 Å². The Morgan fingerprint density at radius 1 is 1.06 bits per heavy atom. The Bertz CT molecular complexity index is 1540. The zero-order valence-electron chi connectivity index (χ0n) is 16.8. The van der Waals surface area contributed by atoms with Gasteiger partial charge in [0.05, 0.1) is 21.9 Å². The Labute approximate surface area is 205 Å². The van der Waals surface area contributed by atoms with Crippen molar-refractivity contribution in [1.29, 1.82) is 0 Å². The first-order valence-corrected chi connectivity index (χ1v) is 12.5. The molecule has 0 unspecified atom stereocenters. The molecule has 4 rings (SSSR count). The van der Waals surface area contributed by atoms with E-state index in [1.807, 2.05) is 4.72 Å². The number of halogens is 5. The van der Waals surface area contributed by atoms with E-state index < -0.39 is 43.7 Å². The number of benzene rings is 2. The van der Waals surface area contributed by atoms with Crippen LogP contribution in [0.3, 0.4) is 0 Å². The van der Waals surface area contributed by atoms with Crippen molar-refractivity contribution in [2.45, 2.75) is 10.1 Å². The van der Waals surface area contributed by atoms with Crippen LogP contribution in [0.1, 0.15) is 0 Å². The number of nitrogens with one attached hydrogen (secondary N) is 2. The van der Waals surface area contributed by atoms with Gasteiger partial charge in [0.2, 0.25) is 0 Å². The van der Waals surface area contributed by atoms with Crippen LogP contribution in [0.15, 0.2) is 46.8 Å². The fourth-order valence-corrected chi connectivity index (χ4v) is 4.98. The van der Waals surface area contributed by atoms with Crippen LogP contribution in [-0.2, 0) is 10.0 Å². The van der Waals surface area contributed by atoms with E-state index in [1.54, 1.807) is 6.26 Å². The smallest absolute Gasteiger partial charge is 0.263 e. The Hall–Kier alpha value is -2.87. The number of nitrogens with zero attached hydrogens (tertiary/aromatic N) is 4. The molecule has 4 aromatic rings. The summed E-state index contributed by atoms with van der Waals surface area (Å²) in [6.07, 6.45) is 4.19. The molecule has 8 nitrogen and oxygen atoms in total. The van der Waals surface area contributed by atoms with Crippen molar-refractivity contribution in [1.82, 2.24) is 19.9 Å². The van der Waals surface area contributed by atoms with E-state index in [0.29, 0.717) is 11.2 Å². The van der Waals surface area contributed by atoms with Crippen molar-refractivity contribution in [3.8, 4) is 0 Å². The monoisotopic (exact) mass is 546 g/mol. The molecule has 0 saturated carbocycles. The van der Waals surface area contributed by atoms with Crippen LogP contribution in [0.4, 0.5) is 30.4 Å². The number of thioether (sulfide) groups is 1. The highest BCUT2D eigenvalue weighted by Crippen LogP contribution is 2.35. The fourth-order valence-electron chi connectivity index (χ4n) is 2.83. The van der Waals surface area contributed by atoms with E-state index in [4.69, 9.17) is 23.2 Å². The summed E-state index contributed by atoms with van der Waals surface area (Å²) >= 11 is 13.0. The lowest BCUT2D eigenvalue weighted by Crippen LogP contribution is -2.16. The molecule has 2 heterocycles. The summed E-state index contributed by atoms with van der Waals surface area (Å²) in [5, 5.41) is 2.28. The molecule has 0 atom stereocenters. The summed E-state index contributed by atoms with van der Waals surface area (Å²) in [6.45, 7) is 0. The van der Waals surface area contributed by atoms with Crippen molar-refractivity contribution < 1.29 is 21.6 Å². The molecule has 2 aromatic carbocycles. The van der Waals surface area contributed by atoms with Crippen molar-refractivity contribution in [2.75, 3.05) is 16.3 Å². The van der Waals surface area contributed by atoms with Crippen LogP contribution in [0, 0.1) is 17.5 Å². The van der Waals surface area contributed by atoms with Crippen molar-refractivity contribution in [3.05, 3.63) is 64.3 Å². The van der Waals surface area contributed by atoms with Gasteiger partial charge in [0, 0.05) is 6.07 Å². The number of sulfonamides is 1. The number of fused-ring (bicyclic) bond motifs is 1. The van der Waals surface area contributed by atoms with Gasteiger partial charge in [-0.2, -0.15) is 0 Å². The number of anilines is 3. The predicted octanol–water partition coefficient (Wildman–Crippen LogP) is 5.41. The van der Waals surface area contributed by atoms with Crippen LogP contribution in [0.2, 0.25) is 10.0 Å². The summed E-state index contributed by atoms with van der Waals surface area (Å²) in [5.74, 6) is -4.73. The molecule has 2 N–H and O–H groups in total. The van der Waals surface area contributed by atoms with E-state index in [-0.39, 0.29) is 26.9 Å². The van der Waals surface area contributed by atoms with Crippen LogP contribution >= 0.6 is 35.0 Å². The van der Waals surface area contributed by atoms with E-state index in [9.17, 15) is 17.2 Å². The molecule has 0 radical (unpaired) electrons. The average Bonchev–Trinajstić information content (AvgIpc) is 2.81. The van der Waals surface area contributed by atoms with Gasteiger partial charge < -0.3 is 5.32 Å². The average molecular weight is 547 g/mol. The third-order valence-corrected chi connectivity index (χ3v) is 7.29. The molecule has 0 spiro atoms. The quantitative estimate of drug-likeness (QED) is 0.187. The highest BCUT2D eigenvalue weighted by atomic mass is 35.5. The van der Waals surface area contributed by atoms with Gasteiger partial charge >= 0.3 is 0 Å². The minimum absolute atomic E-state index is 0.0695. The van der Waals surface area contributed by atoms with Gasteiger partial charge in [-0.15, -0.1) is 0 Å². The molecule has 0 amide bonds. The van der Waals surface area contributed by atoms with E-state index in [1.165, 1.54) is 30.1 Å². The molecule has 176 valence electrons. The van der Waals surface area contributed by atoms with Crippen LogP contribution in [-0.4, -0.2) is 34.6 Å². The third-order valence-electron chi connectivity index (χ3n) is 4.39. The van der Waals surface area contributed by atoms with Gasteiger partial charge in [-0.1, -0.05) is 41.0 Å². The third kappa shape index (κ3) is 4.56. The molecular formula is C19H11Cl2F3N6O2S2. The lowest BCUT2D eigenvalue weighted by molar-refractivity contribution is 0.501. The van der Waals surface area contributed by atoms with Gasteiger partial charge in [0.25, 0.3) is 10.0 Å². The Morgan fingerprint density at radius 2 is 1.82 bits per heavy atom. The summed E-state index contributed by atoms with van der Waals surface area (Å²) in [5.41, 5.74) is -1.52. The van der Waals surface area contributed by atoms with Gasteiger partial charge in [-0.3, -0.25) is 4.72 Å². The van der Waals surface area contributed by atoms with E-state index in [0.717, 1.165) is 12.4 Å². The maximum atomic E-state index is 15.2. The zero-order valence-corrected chi connectivity index (χ0v) is 19.9. The second kappa shape index (κ2) is 9.41. The molecule has 2 aromatic heterocycles. The lowest BCUT2D eigenvalue weighted by Gasteiger charge is -2.15. The molecule has 0 aliphatic rings. The molecule has 0 bridgehead atoms. The number of hydrogen-bond acceptors (Lipinski definition) is 8. The van der Waals surface area contributed by atoms with Crippen LogP contribution in [0.5, 0.6) is 0 Å². The van der Waals surface area contributed by atoms with E-state index in [2.05, 4.69) is 25.3 Å². The molecule has 0 aliphatic heterocycles. The zero-order chi connectivity index (χ0) is 24.6.